The van der Waals surface area contributed by atoms with Crippen molar-refractivity contribution in [1.29, 1.82) is 0 Å². The minimum absolute atomic E-state index is 0.00277. The van der Waals surface area contributed by atoms with Crippen molar-refractivity contribution in [1.82, 2.24) is 37.2 Å². The maximum atomic E-state index is 13.2. The normalized spacial score (nSPS) is 21.7. The standard InChI is InChI=1S/C31H39B10N5O10.C25H36BN4O8.B9/c1-16(47)14-43-23(48)12-11-22(42-2)29(53)44-15-24(49)45-18-5-7-19(8-6-18)46-30(54)28-26(51)25(50)27(52)31(56-28)55-20-9-3-17(4-10-20)21-13-37(21)41(39(34)35)40(36)38(32)33;1-14(32)11-28-20(33)8-7-19(27-2)24(35)29-12-21(34)30-23-16(13-31)9-22(38-25(23)36)37-17-5-3-15(4-6-17)18-10-26-18;1-6-9(7(2)3)8(4)5/h3-10,21-22,25-28,31,42,50-52H,11-15H2,1-2H3,(H,43,48)(H,44,53)(H,45,49)(H,46,54);3-6,16,18-19,22-23,25,27,31,36H,7-13H2,1-2H3,(H,28,33)(H,29,35)(H,30,34);. The van der Waals surface area contributed by atoms with E-state index in [0.717, 1.165) is 18.2 Å². The highest BCUT2D eigenvalue weighted by Crippen LogP contribution is 2.43. The molecule has 4 fully saturated rings. The summed E-state index contributed by atoms with van der Waals surface area (Å²) in [7, 11) is 62.5. The molecule has 4 saturated heterocycles. The van der Waals surface area contributed by atoms with E-state index in [1.54, 1.807) is 19.2 Å². The topological polar surface area (TPSA) is 400 Å². The van der Waals surface area contributed by atoms with Gasteiger partial charge in [-0.25, -0.2) is 0 Å². The molecule has 47 heteroatoms. The Morgan fingerprint density at radius 3 is 1.55 bits per heavy atom. The van der Waals surface area contributed by atoms with Gasteiger partial charge < -0.3 is 92.3 Å². The largest absolute Gasteiger partial charge is 0.465 e. The van der Waals surface area contributed by atoms with E-state index in [2.05, 4.69) is 55.1 Å². The molecule has 4 aliphatic heterocycles. The summed E-state index contributed by atoms with van der Waals surface area (Å²) in [5.41, 5.74) is 2.76. The molecule has 27 nitrogen and oxygen atoms in total. The van der Waals surface area contributed by atoms with E-state index >= 15 is 0 Å². The quantitative estimate of drug-likeness (QED) is 0.0240. The summed E-state index contributed by atoms with van der Waals surface area (Å²) < 4.78 is 22.8. The average Bonchev–Trinajstić information content (AvgIpc) is 1.63. The summed E-state index contributed by atoms with van der Waals surface area (Å²) in [5, 5.41) is 75.4. The van der Waals surface area contributed by atoms with Gasteiger partial charge in [0, 0.05) is 172 Å². The molecule has 0 spiro atoms. The van der Waals surface area contributed by atoms with E-state index in [0.29, 0.717) is 17.3 Å². The van der Waals surface area contributed by atoms with Crippen molar-refractivity contribution >= 4 is 207 Å². The molecule has 103 heavy (non-hydrogen) atoms. The zero-order valence-electron chi connectivity index (χ0n) is 58.0. The Balaban J connectivity index is 0.000000349. The summed E-state index contributed by atoms with van der Waals surface area (Å²) >= 11 is 0. The number of likely N-dealkylation sites (N-methyl/N-ethyl adjacent to an activating group) is 2. The summed E-state index contributed by atoms with van der Waals surface area (Å²) in [4.78, 5) is 109. The first-order valence-corrected chi connectivity index (χ1v) is 33.6. The number of hydrogen-bond donors (Lipinski definition) is 14. The first-order valence-electron chi connectivity index (χ1n) is 33.6. The maximum absolute atomic E-state index is 13.2. The second-order valence-corrected chi connectivity index (χ2v) is 25.6. The maximum Gasteiger partial charge on any atom is 0.256 e. The van der Waals surface area contributed by atoms with E-state index in [9.17, 15) is 68.7 Å². The Hall–Kier alpha value is -6.17. The number of Topliss-reactive ketones (excluding diaryl/α,β-unsaturated/α-hetero) is 2. The predicted octanol–water partition coefficient (Wildman–Crippen LogP) is -9.45. The molecular weight excluding hydrogens is 1300 g/mol. The molecule has 512 valence electrons. The highest BCUT2D eigenvalue weighted by molar-refractivity contribution is 8.01. The molecule has 13 atom stereocenters. The van der Waals surface area contributed by atoms with Crippen molar-refractivity contribution in [3.05, 3.63) is 83.9 Å². The molecule has 0 bridgehead atoms. The predicted molar refractivity (Wildman–Crippen MR) is 410 cm³/mol. The number of carbonyl (C=O) groups excluding carboxylic acids is 9. The molecule has 3 aromatic carbocycles. The molecule has 0 aromatic heterocycles. The van der Waals surface area contributed by atoms with Gasteiger partial charge in [0.1, 0.15) is 48.7 Å². The van der Waals surface area contributed by atoms with Crippen LogP contribution in [0.15, 0.2) is 72.8 Å². The lowest BCUT2D eigenvalue weighted by molar-refractivity contribution is -0.265. The van der Waals surface area contributed by atoms with Crippen molar-refractivity contribution in [2.75, 3.05) is 57.5 Å². The second-order valence-electron chi connectivity index (χ2n) is 25.6. The molecule has 13 unspecified atom stereocenters. The van der Waals surface area contributed by atoms with E-state index in [1.807, 2.05) is 36.4 Å². The number of aliphatic hydroxyl groups excluding tert-OH is 5. The number of benzene rings is 3. The van der Waals surface area contributed by atoms with Crippen LogP contribution in [0.3, 0.4) is 0 Å². The van der Waals surface area contributed by atoms with Crippen LogP contribution in [-0.4, -0.2) is 330 Å². The fourth-order valence-corrected chi connectivity index (χ4v) is 11.2. The van der Waals surface area contributed by atoms with Gasteiger partial charge >= 0.3 is 0 Å². The molecule has 22 radical (unpaired) electrons. The molecule has 0 saturated carbocycles. The summed E-state index contributed by atoms with van der Waals surface area (Å²) in [6.07, 6.45) is -12.1. The van der Waals surface area contributed by atoms with Gasteiger partial charge in [0.15, 0.2) is 12.4 Å². The van der Waals surface area contributed by atoms with E-state index < -0.39 is 129 Å². The fraction of sp³-hybridized carbons (Fsp3) is 0.518. The highest BCUT2D eigenvalue weighted by atomic mass is 16.7. The summed E-state index contributed by atoms with van der Waals surface area (Å²) in [6, 6.07) is 18.0. The van der Waals surface area contributed by atoms with Crippen LogP contribution in [0.5, 0.6) is 11.5 Å². The van der Waals surface area contributed by atoms with Crippen LogP contribution in [-0.2, 0) is 52.6 Å². The molecule has 0 aliphatic carbocycles. The number of ketones is 2. The Morgan fingerprint density at radius 2 is 1.11 bits per heavy atom. The molecule has 14 N–H and O–H groups in total. The summed E-state index contributed by atoms with van der Waals surface area (Å²) in [6.45, 7) is 1.56. The third-order valence-corrected chi connectivity index (χ3v) is 17.4. The van der Waals surface area contributed by atoms with Gasteiger partial charge in [0.05, 0.1) is 50.9 Å². The van der Waals surface area contributed by atoms with Crippen LogP contribution in [0.4, 0.5) is 11.4 Å². The van der Waals surface area contributed by atoms with E-state index in [-0.39, 0.29) is 125 Å². The minimum atomic E-state index is -1.80. The first-order chi connectivity index (χ1) is 48.8. The first kappa shape index (κ1) is 87.5. The van der Waals surface area contributed by atoms with Gasteiger partial charge in [-0.2, -0.15) is 0 Å². The number of amides is 7. The van der Waals surface area contributed by atoms with E-state index in [1.165, 1.54) is 57.8 Å². The number of hydrogen-bond acceptors (Lipinski definition) is 20. The van der Waals surface area contributed by atoms with Crippen LogP contribution >= 0.6 is 0 Å². The minimum Gasteiger partial charge on any atom is -0.465 e. The third-order valence-electron chi connectivity index (χ3n) is 17.4. The number of nitrogens with one attached hydrogen (secondary N) is 9. The second kappa shape index (κ2) is 43.5. The molecular formula is C56H75B20N9O18. The van der Waals surface area contributed by atoms with Crippen molar-refractivity contribution in [2.45, 2.75) is 132 Å². The Kier molecular flexibility index (Phi) is 36.9. The zero-order chi connectivity index (χ0) is 76.4. The van der Waals surface area contributed by atoms with Crippen LogP contribution < -0.4 is 57.3 Å². The van der Waals surface area contributed by atoms with Crippen LogP contribution in [0.1, 0.15) is 68.7 Å². The SMILES string of the molecule is CNC(CCC(=O)NCC(C)=O)C(=O)NCC(=O)NC1C(CO)CC(Oc2ccc(C3[B]C3)cc2)OC1O.[B]B([B])B([B])B(B([B])[B])B1CC1c1ccc(OC2OC(C(=O)Nc3ccc(NC(=O)CNC(=O)C(CCC(=O)NCC(C)=O)NC)cc3)C(O)C(O)C2O)cc1.[B][B]B(B([B])[B])B([B])[B]. The lowest BCUT2D eigenvalue weighted by atomic mass is 8.57. The number of anilines is 2. The van der Waals surface area contributed by atoms with Crippen LogP contribution in [0.25, 0.3) is 0 Å². The van der Waals surface area contributed by atoms with Crippen molar-refractivity contribution in [2.24, 2.45) is 5.92 Å². The van der Waals surface area contributed by atoms with Gasteiger partial charge in [-0.3, -0.25) is 43.2 Å². The van der Waals surface area contributed by atoms with Crippen molar-refractivity contribution in [3.8, 4) is 11.5 Å². The zero-order valence-corrected chi connectivity index (χ0v) is 58.0. The molecule has 3 aromatic rings. The lowest BCUT2D eigenvalue weighted by Gasteiger charge is -2.39. The van der Waals surface area contributed by atoms with Crippen LogP contribution in [0.2, 0.25) is 12.6 Å². The number of rotatable bonds is 36. The number of ether oxygens (including phenoxy) is 4. The Morgan fingerprint density at radius 1 is 0.612 bits per heavy atom. The van der Waals surface area contributed by atoms with Gasteiger partial charge in [-0.1, -0.05) is 59.7 Å². The fourth-order valence-electron chi connectivity index (χ4n) is 11.2. The molecule has 4 heterocycles. The molecule has 4 aliphatic rings. The number of aliphatic hydroxyl groups is 5. The van der Waals surface area contributed by atoms with Crippen LogP contribution in [0, 0.1) is 5.92 Å². The smallest absolute Gasteiger partial charge is 0.256 e. The molecule has 7 amide bonds. The Labute approximate surface area is 619 Å². The number of carbonyl (C=O) groups is 9. The monoisotopic (exact) mass is 1380 g/mol. The van der Waals surface area contributed by atoms with Gasteiger partial charge in [0.2, 0.25) is 48.0 Å². The van der Waals surface area contributed by atoms with Gasteiger partial charge in [-0.05, 0) is 89.3 Å². The lowest BCUT2D eigenvalue weighted by Crippen LogP contribution is -2.63. The highest BCUT2D eigenvalue weighted by Gasteiger charge is 2.51. The Bertz CT molecular complexity index is 3240. The van der Waals surface area contributed by atoms with Gasteiger partial charge in [0.25, 0.3) is 5.91 Å². The van der Waals surface area contributed by atoms with E-state index in [4.69, 9.17) is 96.3 Å². The molecule has 7 rings (SSSR count). The van der Waals surface area contributed by atoms with Crippen molar-refractivity contribution < 1.29 is 87.6 Å². The average molecular weight is 1380 g/mol. The summed E-state index contributed by atoms with van der Waals surface area (Å²) in [5.74, 6) is -3.16. The third kappa shape index (κ3) is 28.9. The van der Waals surface area contributed by atoms with Gasteiger partial charge in [-0.15, -0.1) is 0 Å². The van der Waals surface area contributed by atoms with Crippen molar-refractivity contribution in [3.63, 3.8) is 0 Å².